The van der Waals surface area contributed by atoms with Crippen LogP contribution in [0, 0.1) is 0 Å². The average molecular weight is 432 g/mol. The van der Waals surface area contributed by atoms with Gasteiger partial charge in [-0.05, 0) is 47.7 Å². The Morgan fingerprint density at radius 1 is 0.935 bits per heavy atom. The molecule has 1 N–H and O–H groups in total. The molecule has 0 saturated heterocycles. The normalized spacial score (nSPS) is 20.6. The summed E-state index contributed by atoms with van der Waals surface area (Å²) in [4.78, 5) is 1.40. The molecule has 0 radical (unpaired) electrons. The lowest BCUT2D eigenvalue weighted by Crippen LogP contribution is -2.48. The van der Waals surface area contributed by atoms with E-state index in [9.17, 15) is 0 Å². The van der Waals surface area contributed by atoms with Gasteiger partial charge in [-0.2, -0.15) is 0 Å². The van der Waals surface area contributed by atoms with Crippen molar-refractivity contribution >= 4 is 11.8 Å². The van der Waals surface area contributed by atoms with Crippen LogP contribution in [0.25, 0.3) is 0 Å². The summed E-state index contributed by atoms with van der Waals surface area (Å²) in [6, 6.07) is 28.1. The van der Waals surface area contributed by atoms with E-state index in [-0.39, 0.29) is 11.6 Å². The Morgan fingerprint density at radius 3 is 2.42 bits per heavy atom. The van der Waals surface area contributed by atoms with Gasteiger partial charge < -0.3 is 4.74 Å². The Hall–Kier alpha value is -2.23. The fraction of sp³-hybridized carbons (Fsp3) is 0.357. The molecule has 0 amide bonds. The second-order valence-corrected chi connectivity index (χ2v) is 9.50. The summed E-state index contributed by atoms with van der Waals surface area (Å²) < 4.78 is 6.02. The van der Waals surface area contributed by atoms with Crippen LogP contribution >= 0.6 is 11.8 Å². The Kier molecular flexibility index (Phi) is 7.37. The van der Waals surface area contributed by atoms with Gasteiger partial charge >= 0.3 is 0 Å². The molecule has 162 valence electrons. The summed E-state index contributed by atoms with van der Waals surface area (Å²) in [6.45, 7) is 5.21. The minimum atomic E-state index is 0.160. The first-order valence-electron chi connectivity index (χ1n) is 11.5. The largest absolute Gasteiger partial charge is 0.489 e. The summed E-state index contributed by atoms with van der Waals surface area (Å²) in [6.07, 6.45) is 4.86. The number of rotatable bonds is 8. The van der Waals surface area contributed by atoms with Gasteiger partial charge in [0.25, 0.3) is 0 Å². The number of benzene rings is 3. The molecule has 3 heteroatoms. The first-order valence-corrected chi connectivity index (χ1v) is 12.5. The summed E-state index contributed by atoms with van der Waals surface area (Å²) >= 11 is 2.01. The third-order valence-electron chi connectivity index (χ3n) is 6.33. The van der Waals surface area contributed by atoms with Crippen LogP contribution in [0.5, 0.6) is 5.75 Å². The molecule has 1 heterocycles. The minimum absolute atomic E-state index is 0.160. The first kappa shape index (κ1) is 22.0. The van der Waals surface area contributed by atoms with Crippen LogP contribution in [-0.4, -0.2) is 11.3 Å². The highest BCUT2D eigenvalue weighted by atomic mass is 32.2. The van der Waals surface area contributed by atoms with E-state index in [4.69, 9.17) is 4.74 Å². The zero-order valence-electron chi connectivity index (χ0n) is 18.6. The number of thioether (sulfide) groups is 1. The Morgan fingerprint density at radius 2 is 1.68 bits per heavy atom. The van der Waals surface area contributed by atoms with Crippen molar-refractivity contribution in [3.8, 4) is 5.75 Å². The molecular weight excluding hydrogens is 398 g/mol. The van der Waals surface area contributed by atoms with Crippen molar-refractivity contribution in [3.05, 3.63) is 95.6 Å². The van der Waals surface area contributed by atoms with Crippen molar-refractivity contribution in [1.82, 2.24) is 5.32 Å². The average Bonchev–Trinajstić information content (AvgIpc) is 3.00. The van der Waals surface area contributed by atoms with Crippen molar-refractivity contribution < 1.29 is 4.74 Å². The number of fused-ring (bicyclic) bond motifs is 1. The number of nitrogens with one attached hydrogen (secondary N) is 1. The van der Waals surface area contributed by atoms with E-state index in [1.807, 2.05) is 30.0 Å². The molecule has 3 aromatic carbocycles. The lowest BCUT2D eigenvalue weighted by atomic mass is 9.88. The lowest BCUT2D eigenvalue weighted by Gasteiger charge is -2.36. The number of ether oxygens (including phenoxy) is 1. The highest BCUT2D eigenvalue weighted by molar-refractivity contribution is 7.99. The molecule has 3 aromatic rings. The van der Waals surface area contributed by atoms with Crippen LogP contribution in [0.4, 0.5) is 0 Å². The Bertz CT molecular complexity index is 956. The molecule has 0 aromatic heterocycles. The quantitative estimate of drug-likeness (QED) is 0.402. The van der Waals surface area contributed by atoms with E-state index < -0.39 is 0 Å². The standard InChI is InChI=1S/C28H33NOS/c1-3-5-19-28(4-2)21-31-26-14-10-9-13-25(26)27(29-28)23-15-17-24(18-16-23)30-20-22-11-7-6-8-12-22/h6-18,27,29H,3-5,19-21H2,1-2H3. The number of unbranched alkanes of at least 4 members (excludes halogenated alkanes) is 1. The van der Waals surface area contributed by atoms with Gasteiger partial charge in [-0.3, -0.25) is 5.32 Å². The summed E-state index contributed by atoms with van der Waals surface area (Å²) in [5.41, 5.74) is 4.03. The smallest absolute Gasteiger partial charge is 0.119 e. The van der Waals surface area contributed by atoms with Crippen molar-refractivity contribution in [2.45, 2.75) is 62.6 Å². The van der Waals surface area contributed by atoms with Crippen molar-refractivity contribution in [3.63, 3.8) is 0 Å². The van der Waals surface area contributed by atoms with E-state index in [2.05, 4.69) is 79.8 Å². The second kappa shape index (κ2) is 10.4. The monoisotopic (exact) mass is 431 g/mol. The zero-order chi connectivity index (χ0) is 21.5. The zero-order valence-corrected chi connectivity index (χ0v) is 19.5. The van der Waals surface area contributed by atoms with Gasteiger partial charge in [0, 0.05) is 16.2 Å². The molecular formula is C28H33NOS. The SMILES string of the molecule is CCCCC1(CC)CSc2ccccc2C(c2ccc(OCc3ccccc3)cc2)N1. The van der Waals surface area contributed by atoms with Gasteiger partial charge in [0.15, 0.2) is 0 Å². The maximum absolute atomic E-state index is 6.02. The van der Waals surface area contributed by atoms with Crippen LogP contribution in [-0.2, 0) is 6.61 Å². The highest BCUT2D eigenvalue weighted by Gasteiger charge is 2.35. The predicted molar refractivity (Wildman–Crippen MR) is 132 cm³/mol. The van der Waals surface area contributed by atoms with Crippen molar-refractivity contribution in [2.75, 3.05) is 5.75 Å². The van der Waals surface area contributed by atoms with Gasteiger partial charge in [-0.25, -0.2) is 0 Å². The molecule has 0 spiro atoms. The van der Waals surface area contributed by atoms with E-state index in [1.165, 1.54) is 40.8 Å². The maximum atomic E-state index is 6.02. The fourth-order valence-electron chi connectivity index (χ4n) is 4.29. The second-order valence-electron chi connectivity index (χ2n) is 8.48. The predicted octanol–water partition coefficient (Wildman–Crippen LogP) is 7.39. The van der Waals surface area contributed by atoms with Gasteiger partial charge in [0.2, 0.25) is 0 Å². The maximum Gasteiger partial charge on any atom is 0.119 e. The summed E-state index contributed by atoms with van der Waals surface area (Å²) in [5, 5.41) is 4.10. The summed E-state index contributed by atoms with van der Waals surface area (Å²) in [7, 11) is 0. The van der Waals surface area contributed by atoms with Gasteiger partial charge in [0.05, 0.1) is 6.04 Å². The van der Waals surface area contributed by atoms with Crippen LogP contribution in [0.1, 0.15) is 62.3 Å². The molecule has 2 unspecified atom stereocenters. The molecule has 0 fully saturated rings. The Balaban J connectivity index is 1.57. The molecule has 0 aliphatic carbocycles. The van der Waals surface area contributed by atoms with Crippen LogP contribution in [0.15, 0.2) is 83.8 Å². The topological polar surface area (TPSA) is 21.3 Å². The lowest BCUT2D eigenvalue weighted by molar-refractivity contribution is 0.296. The van der Waals surface area contributed by atoms with Gasteiger partial charge in [-0.15, -0.1) is 11.8 Å². The molecule has 0 bridgehead atoms. The molecule has 1 aliphatic rings. The molecule has 0 saturated carbocycles. The minimum Gasteiger partial charge on any atom is -0.489 e. The van der Waals surface area contributed by atoms with Crippen LogP contribution < -0.4 is 10.1 Å². The van der Waals surface area contributed by atoms with E-state index in [1.54, 1.807) is 0 Å². The van der Waals surface area contributed by atoms with Crippen LogP contribution in [0.3, 0.4) is 0 Å². The fourth-order valence-corrected chi connectivity index (χ4v) is 5.68. The Labute approximate surface area is 191 Å². The third kappa shape index (κ3) is 5.34. The molecule has 4 rings (SSSR count). The van der Waals surface area contributed by atoms with Gasteiger partial charge in [0.1, 0.15) is 12.4 Å². The molecule has 2 nitrogen and oxygen atoms in total. The number of hydrogen-bond acceptors (Lipinski definition) is 3. The highest BCUT2D eigenvalue weighted by Crippen LogP contribution is 2.41. The van der Waals surface area contributed by atoms with Gasteiger partial charge in [-0.1, -0.05) is 87.4 Å². The third-order valence-corrected chi connectivity index (χ3v) is 7.71. The van der Waals surface area contributed by atoms with E-state index >= 15 is 0 Å². The van der Waals surface area contributed by atoms with Crippen LogP contribution in [0.2, 0.25) is 0 Å². The summed E-state index contributed by atoms with van der Waals surface area (Å²) in [5.74, 6) is 2.03. The molecule has 2 atom stereocenters. The number of hydrogen-bond donors (Lipinski definition) is 1. The first-order chi connectivity index (χ1) is 15.2. The molecule has 31 heavy (non-hydrogen) atoms. The molecule has 1 aliphatic heterocycles. The van der Waals surface area contributed by atoms with E-state index in [0.29, 0.717) is 6.61 Å². The van der Waals surface area contributed by atoms with Crippen molar-refractivity contribution in [1.29, 1.82) is 0 Å². The van der Waals surface area contributed by atoms with E-state index in [0.717, 1.165) is 17.9 Å². The van der Waals surface area contributed by atoms with Crippen molar-refractivity contribution in [2.24, 2.45) is 0 Å².